The molecule has 1 heterocycles. The lowest BCUT2D eigenvalue weighted by Crippen LogP contribution is -2.45. The van der Waals surface area contributed by atoms with E-state index in [1.165, 1.54) is 81.4 Å². The van der Waals surface area contributed by atoms with Gasteiger partial charge in [0, 0.05) is 33.5 Å². The molecule has 11 rings (SSSR count). The summed E-state index contributed by atoms with van der Waals surface area (Å²) in [6, 6.07) is 56.3. The summed E-state index contributed by atoms with van der Waals surface area (Å²) in [5.41, 5.74) is 11.3. The van der Waals surface area contributed by atoms with Gasteiger partial charge in [0.15, 0.2) is 0 Å². The number of fused-ring (bicyclic) bond motifs is 6. The number of benzene rings is 6. The van der Waals surface area contributed by atoms with Gasteiger partial charge in [-0.15, -0.1) is 0 Å². The first-order chi connectivity index (χ1) is 24.3. The van der Waals surface area contributed by atoms with Gasteiger partial charge in [0.1, 0.15) is 0 Å². The Hall–Kier alpha value is -5.08. The molecule has 0 radical (unpaired) electrons. The summed E-state index contributed by atoms with van der Waals surface area (Å²) in [6.07, 6.45) is 6.00. The molecule has 0 N–H and O–H groups in total. The molecule has 4 fully saturated rings. The van der Waals surface area contributed by atoms with Crippen molar-refractivity contribution >= 4 is 38.9 Å². The van der Waals surface area contributed by atoms with E-state index in [9.17, 15) is 0 Å². The Morgan fingerprint density at radius 1 is 0.449 bits per heavy atom. The number of aromatic nitrogens is 1. The second-order valence-corrected chi connectivity index (χ2v) is 15.4. The summed E-state index contributed by atoms with van der Waals surface area (Å²) in [5, 5.41) is 2.58. The van der Waals surface area contributed by atoms with Gasteiger partial charge in [-0.1, -0.05) is 91.0 Å². The number of hydrogen-bond donors (Lipinski definition) is 0. The molecule has 0 spiro atoms. The largest absolute Gasteiger partial charge is 0.310 e. The van der Waals surface area contributed by atoms with Crippen LogP contribution in [0.25, 0.3) is 38.6 Å². The summed E-state index contributed by atoms with van der Waals surface area (Å²) in [6.45, 7) is 0. The number of rotatable bonds is 6. The molecule has 2 heteroatoms. The predicted octanol–water partition coefficient (Wildman–Crippen LogP) is 12.3. The Morgan fingerprint density at radius 3 is 1.84 bits per heavy atom. The Morgan fingerprint density at radius 2 is 1.04 bits per heavy atom. The molecule has 2 nitrogen and oxygen atoms in total. The number of nitrogens with zero attached hydrogens (tertiary/aromatic N) is 2. The van der Waals surface area contributed by atoms with Crippen molar-refractivity contribution in [3.63, 3.8) is 0 Å². The summed E-state index contributed by atoms with van der Waals surface area (Å²) in [7, 11) is 0. The Balaban J connectivity index is 0.998. The molecule has 1 aromatic heterocycles. The Labute approximate surface area is 288 Å². The predicted molar refractivity (Wildman–Crippen MR) is 203 cm³/mol. The van der Waals surface area contributed by atoms with E-state index in [1.54, 1.807) is 5.56 Å². The molecule has 0 amide bonds. The molecule has 4 saturated carbocycles. The lowest BCUT2D eigenvalue weighted by atomic mass is 9.51. The van der Waals surface area contributed by atoms with E-state index >= 15 is 0 Å². The maximum Gasteiger partial charge on any atom is 0.0541 e. The molecule has 7 aromatic rings. The summed E-state index contributed by atoms with van der Waals surface area (Å²) >= 11 is 0. The van der Waals surface area contributed by atoms with Gasteiger partial charge < -0.3 is 9.47 Å². The zero-order valence-electron chi connectivity index (χ0n) is 27.7. The highest BCUT2D eigenvalue weighted by Crippen LogP contribution is 2.72. The van der Waals surface area contributed by atoms with E-state index in [4.69, 9.17) is 0 Å². The van der Waals surface area contributed by atoms with Gasteiger partial charge in [0.05, 0.1) is 11.0 Å². The zero-order chi connectivity index (χ0) is 32.1. The highest BCUT2D eigenvalue weighted by molar-refractivity contribution is 6.09. The second kappa shape index (κ2) is 10.7. The average molecular weight is 633 g/mol. The van der Waals surface area contributed by atoms with E-state index < -0.39 is 0 Å². The van der Waals surface area contributed by atoms with Crippen LogP contribution in [0.5, 0.6) is 0 Å². The van der Waals surface area contributed by atoms with Gasteiger partial charge in [0.2, 0.25) is 0 Å². The molecule has 3 bridgehead atoms. The Bertz CT molecular complexity index is 2310. The van der Waals surface area contributed by atoms with Crippen LogP contribution in [0.2, 0.25) is 0 Å². The zero-order valence-corrected chi connectivity index (χ0v) is 27.7. The van der Waals surface area contributed by atoms with Crippen molar-refractivity contribution in [2.75, 3.05) is 4.90 Å². The van der Waals surface area contributed by atoms with Crippen LogP contribution in [-0.2, 0) is 0 Å². The minimum Gasteiger partial charge on any atom is -0.310 e. The first kappa shape index (κ1) is 27.8. The van der Waals surface area contributed by atoms with Crippen LogP contribution in [0.4, 0.5) is 17.1 Å². The third-order valence-electron chi connectivity index (χ3n) is 13.1. The van der Waals surface area contributed by atoms with Crippen molar-refractivity contribution in [1.82, 2.24) is 4.57 Å². The van der Waals surface area contributed by atoms with E-state index in [2.05, 4.69) is 161 Å². The van der Waals surface area contributed by atoms with Gasteiger partial charge in [-0.2, -0.15) is 0 Å². The number of anilines is 3. The quantitative estimate of drug-likeness (QED) is 0.177. The molecule has 4 aliphatic rings. The first-order valence-corrected chi connectivity index (χ1v) is 18.4. The van der Waals surface area contributed by atoms with Crippen LogP contribution in [0.1, 0.15) is 37.2 Å². The summed E-state index contributed by atoms with van der Waals surface area (Å²) in [4.78, 5) is 2.47. The smallest absolute Gasteiger partial charge is 0.0541 e. The SMILES string of the molecule is c1ccc(N(c2cccc(-c3cccc(-n4c5ccccc5c5ccccc54)c3)c2)c2cccc(C3[C@H]4C[C@H]5CC6C[C@@H](C[C@@H]35)C64)c2)cc1. The fourth-order valence-electron chi connectivity index (χ4n) is 11.4. The minimum atomic E-state index is 0.740. The van der Waals surface area contributed by atoms with Gasteiger partial charge in [0.25, 0.3) is 0 Å². The monoisotopic (exact) mass is 632 g/mol. The van der Waals surface area contributed by atoms with E-state index in [-0.39, 0.29) is 0 Å². The highest BCUT2D eigenvalue weighted by atomic mass is 15.1. The van der Waals surface area contributed by atoms with Crippen LogP contribution < -0.4 is 4.90 Å². The maximum absolute atomic E-state index is 2.55. The lowest BCUT2D eigenvalue weighted by Gasteiger charge is -2.53. The maximum atomic E-state index is 2.55. The molecule has 3 unspecified atom stereocenters. The first-order valence-electron chi connectivity index (χ1n) is 18.4. The molecule has 0 aliphatic heterocycles. The van der Waals surface area contributed by atoms with Crippen LogP contribution in [0.3, 0.4) is 0 Å². The standard InChI is InChI=1S/C47H40N2/c1-2-14-36(15-3-1)48(38-17-10-13-32(27-38)47-42-29-35-24-34-23-33(42)28-43(47)46(34)35)37-16-8-11-30(25-37)31-12-9-18-39(26-31)49-44-21-6-4-19-40(44)41-20-5-7-22-45(41)49/h1-22,25-27,33-35,42-43,46-47H,23-24,28-29H2/t33-,34?,35+,42-,43+,46?,47?/m1/s1. The van der Waals surface area contributed by atoms with Crippen LogP contribution in [0.15, 0.2) is 152 Å². The molecule has 0 saturated heterocycles. The summed E-state index contributed by atoms with van der Waals surface area (Å²) in [5.74, 6) is 6.57. The molecule has 4 aliphatic carbocycles. The van der Waals surface area contributed by atoms with E-state index in [0.29, 0.717) is 0 Å². The average Bonchev–Trinajstić information content (AvgIpc) is 3.45. The van der Waals surface area contributed by atoms with E-state index in [1.807, 2.05) is 0 Å². The van der Waals surface area contributed by atoms with Gasteiger partial charge in [-0.3, -0.25) is 0 Å². The molecule has 238 valence electrons. The van der Waals surface area contributed by atoms with Crippen LogP contribution in [-0.4, -0.2) is 4.57 Å². The molecular weight excluding hydrogens is 593 g/mol. The normalized spacial score (nSPS) is 26.2. The van der Waals surface area contributed by atoms with Gasteiger partial charge >= 0.3 is 0 Å². The molecule has 7 atom stereocenters. The molecule has 49 heavy (non-hydrogen) atoms. The topological polar surface area (TPSA) is 8.17 Å². The van der Waals surface area contributed by atoms with Crippen molar-refractivity contribution in [3.8, 4) is 16.8 Å². The lowest BCUT2D eigenvalue weighted by molar-refractivity contribution is -0.0260. The third-order valence-corrected chi connectivity index (χ3v) is 13.1. The molecular formula is C47H40N2. The fourth-order valence-corrected chi connectivity index (χ4v) is 11.4. The van der Waals surface area contributed by atoms with Gasteiger partial charge in [-0.25, -0.2) is 0 Å². The van der Waals surface area contributed by atoms with Crippen LogP contribution in [0, 0.1) is 35.5 Å². The second-order valence-electron chi connectivity index (χ2n) is 15.4. The Kier molecular flexibility index (Phi) is 6.08. The third kappa shape index (κ3) is 4.19. The van der Waals surface area contributed by atoms with Crippen molar-refractivity contribution in [1.29, 1.82) is 0 Å². The fraction of sp³-hybridized carbons (Fsp3) is 0.234. The van der Waals surface area contributed by atoms with Crippen molar-refractivity contribution in [3.05, 3.63) is 157 Å². The van der Waals surface area contributed by atoms with Crippen molar-refractivity contribution in [2.45, 2.75) is 31.6 Å². The van der Waals surface area contributed by atoms with E-state index in [0.717, 1.165) is 41.4 Å². The van der Waals surface area contributed by atoms with Crippen molar-refractivity contribution < 1.29 is 0 Å². The molecule has 6 aromatic carbocycles. The van der Waals surface area contributed by atoms with Crippen molar-refractivity contribution in [2.24, 2.45) is 35.5 Å². The summed E-state index contributed by atoms with van der Waals surface area (Å²) < 4.78 is 2.41. The number of para-hydroxylation sites is 3. The minimum absolute atomic E-state index is 0.740. The van der Waals surface area contributed by atoms with Gasteiger partial charge in [-0.05, 0) is 144 Å². The highest BCUT2D eigenvalue weighted by Gasteiger charge is 2.63. The number of hydrogen-bond acceptors (Lipinski definition) is 1. The van der Waals surface area contributed by atoms with Crippen LogP contribution >= 0.6 is 0 Å².